The Morgan fingerprint density at radius 1 is 1.53 bits per heavy atom. The largest absolute Gasteiger partial charge is 0.393 e. The monoisotopic (exact) mass is 231 g/mol. The lowest BCUT2D eigenvalue weighted by Gasteiger charge is -2.24. The lowest BCUT2D eigenvalue weighted by Crippen LogP contribution is -2.44. The highest BCUT2D eigenvalue weighted by molar-refractivity contribution is 7.80. The van der Waals surface area contributed by atoms with Gasteiger partial charge < -0.3 is 16.0 Å². The number of hydrogen-bond donors (Lipinski definition) is 2. The Labute approximate surface area is 97.2 Å². The van der Waals surface area contributed by atoms with Crippen LogP contribution in [0.2, 0.25) is 0 Å². The molecular formula is C10H21N3OS. The Balaban J connectivity index is 4.11. The first-order chi connectivity index (χ1) is 7.02. The van der Waals surface area contributed by atoms with Crippen molar-refractivity contribution in [1.82, 2.24) is 10.2 Å². The van der Waals surface area contributed by atoms with Gasteiger partial charge in [-0.25, -0.2) is 4.79 Å². The van der Waals surface area contributed by atoms with E-state index in [1.165, 1.54) is 0 Å². The van der Waals surface area contributed by atoms with Crippen LogP contribution in [0, 0.1) is 5.92 Å². The number of nitrogens with zero attached hydrogens (tertiary/aromatic N) is 1. The van der Waals surface area contributed by atoms with E-state index in [-0.39, 0.29) is 11.9 Å². The first-order valence-electron chi connectivity index (χ1n) is 5.35. The van der Waals surface area contributed by atoms with Crippen molar-refractivity contribution in [2.24, 2.45) is 11.7 Å². The molecule has 0 rings (SSSR count). The van der Waals surface area contributed by atoms with Crippen LogP contribution >= 0.6 is 12.2 Å². The zero-order valence-electron chi connectivity index (χ0n) is 9.75. The quantitative estimate of drug-likeness (QED) is 0.678. The highest BCUT2D eigenvalue weighted by atomic mass is 32.1. The van der Waals surface area contributed by atoms with Crippen LogP contribution in [-0.4, -0.2) is 35.6 Å². The summed E-state index contributed by atoms with van der Waals surface area (Å²) < 4.78 is 0. The van der Waals surface area contributed by atoms with Crippen LogP contribution in [0.5, 0.6) is 0 Å². The minimum atomic E-state index is -0.0394. The first kappa shape index (κ1) is 14.2. The minimum Gasteiger partial charge on any atom is -0.393 e. The number of carbonyl (C=O) groups is 1. The molecule has 1 atom stereocenters. The van der Waals surface area contributed by atoms with E-state index >= 15 is 0 Å². The molecule has 0 aromatic rings. The molecule has 0 bridgehead atoms. The van der Waals surface area contributed by atoms with Crippen molar-refractivity contribution in [1.29, 1.82) is 0 Å². The second kappa shape index (κ2) is 7.45. The molecule has 3 N–H and O–H groups in total. The van der Waals surface area contributed by atoms with Crippen LogP contribution in [0.25, 0.3) is 0 Å². The molecule has 4 nitrogen and oxygen atoms in total. The molecule has 2 amide bonds. The predicted molar refractivity (Wildman–Crippen MR) is 66.9 cm³/mol. The van der Waals surface area contributed by atoms with Gasteiger partial charge in [-0.2, -0.15) is 0 Å². The maximum atomic E-state index is 11.6. The van der Waals surface area contributed by atoms with E-state index in [4.69, 9.17) is 18.0 Å². The lowest BCUT2D eigenvalue weighted by molar-refractivity contribution is 0.197. The Morgan fingerprint density at radius 2 is 2.13 bits per heavy atom. The van der Waals surface area contributed by atoms with Crippen LogP contribution in [0.1, 0.15) is 27.2 Å². The van der Waals surface area contributed by atoms with Crippen LogP contribution in [0.3, 0.4) is 0 Å². The molecule has 1 unspecified atom stereocenters. The van der Waals surface area contributed by atoms with Gasteiger partial charge in [-0.3, -0.25) is 0 Å². The number of carbonyl (C=O) groups excluding carboxylic acids is 1. The van der Waals surface area contributed by atoms with E-state index < -0.39 is 0 Å². The Bertz CT molecular complexity index is 221. The Hall–Kier alpha value is -0.840. The molecule has 0 heterocycles. The van der Waals surface area contributed by atoms with Crippen molar-refractivity contribution in [3.8, 4) is 0 Å². The third-order valence-electron chi connectivity index (χ3n) is 2.18. The smallest absolute Gasteiger partial charge is 0.317 e. The van der Waals surface area contributed by atoms with Gasteiger partial charge in [-0.05, 0) is 13.3 Å². The number of hydrogen-bond acceptors (Lipinski definition) is 2. The normalized spacial score (nSPS) is 11.9. The zero-order chi connectivity index (χ0) is 11.8. The van der Waals surface area contributed by atoms with Crippen LogP contribution in [-0.2, 0) is 0 Å². The average Bonchev–Trinajstić information content (AvgIpc) is 2.21. The molecule has 0 radical (unpaired) electrons. The topological polar surface area (TPSA) is 58.4 Å². The van der Waals surface area contributed by atoms with Crippen molar-refractivity contribution in [2.75, 3.05) is 19.6 Å². The molecule has 0 aliphatic rings. The highest BCUT2D eigenvalue weighted by Crippen LogP contribution is 2.00. The maximum Gasteiger partial charge on any atom is 0.317 e. The van der Waals surface area contributed by atoms with E-state index in [1.54, 1.807) is 4.90 Å². The number of rotatable bonds is 6. The molecule has 0 aliphatic heterocycles. The van der Waals surface area contributed by atoms with Crippen LogP contribution in [0.4, 0.5) is 4.79 Å². The molecule has 0 aliphatic carbocycles. The molecule has 0 aromatic heterocycles. The molecular weight excluding hydrogens is 210 g/mol. The zero-order valence-corrected chi connectivity index (χ0v) is 10.6. The maximum absolute atomic E-state index is 11.6. The first-order valence-corrected chi connectivity index (χ1v) is 5.75. The summed E-state index contributed by atoms with van der Waals surface area (Å²) in [6.07, 6.45) is 0.939. The summed E-state index contributed by atoms with van der Waals surface area (Å²) in [6.45, 7) is 7.85. The SMILES string of the molecule is CCCNC(=O)N(CC)CC(C)C(N)=S. The summed E-state index contributed by atoms with van der Waals surface area (Å²) in [5.74, 6) is 0.0623. The summed E-state index contributed by atoms with van der Waals surface area (Å²) >= 11 is 4.88. The Kier molecular flexibility index (Phi) is 7.03. The predicted octanol–water partition coefficient (Wildman–Crippen LogP) is 1.35. The highest BCUT2D eigenvalue weighted by Gasteiger charge is 2.15. The fraction of sp³-hybridized carbons (Fsp3) is 0.800. The molecule has 0 fully saturated rings. The van der Waals surface area contributed by atoms with E-state index in [2.05, 4.69) is 5.32 Å². The van der Waals surface area contributed by atoms with Crippen molar-refractivity contribution >= 4 is 23.2 Å². The fourth-order valence-electron chi connectivity index (χ4n) is 1.12. The average molecular weight is 231 g/mol. The summed E-state index contributed by atoms with van der Waals surface area (Å²) in [4.78, 5) is 13.8. The number of nitrogens with two attached hydrogens (primary N) is 1. The van der Waals surface area contributed by atoms with Crippen molar-refractivity contribution in [2.45, 2.75) is 27.2 Å². The van der Waals surface area contributed by atoms with E-state index in [9.17, 15) is 4.79 Å². The fourth-order valence-corrected chi connectivity index (χ4v) is 1.19. The molecule has 88 valence electrons. The van der Waals surface area contributed by atoms with E-state index in [0.717, 1.165) is 6.42 Å². The van der Waals surface area contributed by atoms with Crippen molar-refractivity contribution in [3.63, 3.8) is 0 Å². The third-order valence-corrected chi connectivity index (χ3v) is 2.58. The van der Waals surface area contributed by atoms with Gasteiger partial charge in [0.05, 0.1) is 4.99 Å². The van der Waals surface area contributed by atoms with Gasteiger partial charge in [0.1, 0.15) is 0 Å². The second-order valence-corrected chi connectivity index (χ2v) is 4.05. The number of thiocarbonyl (C=S) groups is 1. The van der Waals surface area contributed by atoms with Crippen molar-refractivity contribution < 1.29 is 4.79 Å². The summed E-state index contributed by atoms with van der Waals surface area (Å²) in [5, 5.41) is 2.83. The van der Waals surface area contributed by atoms with E-state index in [0.29, 0.717) is 24.6 Å². The molecule has 15 heavy (non-hydrogen) atoms. The van der Waals surface area contributed by atoms with Gasteiger partial charge in [0, 0.05) is 25.6 Å². The van der Waals surface area contributed by atoms with Gasteiger partial charge in [-0.15, -0.1) is 0 Å². The van der Waals surface area contributed by atoms with Crippen LogP contribution in [0.15, 0.2) is 0 Å². The molecule has 0 saturated heterocycles. The number of amides is 2. The lowest BCUT2D eigenvalue weighted by atomic mass is 10.2. The van der Waals surface area contributed by atoms with Gasteiger partial charge >= 0.3 is 6.03 Å². The Morgan fingerprint density at radius 3 is 2.53 bits per heavy atom. The second-order valence-electron chi connectivity index (χ2n) is 3.57. The number of urea groups is 1. The number of nitrogens with one attached hydrogen (secondary N) is 1. The van der Waals surface area contributed by atoms with Gasteiger partial charge in [0.2, 0.25) is 0 Å². The minimum absolute atomic E-state index is 0.0394. The van der Waals surface area contributed by atoms with Gasteiger partial charge in [0.25, 0.3) is 0 Å². The third kappa shape index (κ3) is 5.57. The van der Waals surface area contributed by atoms with Crippen LogP contribution < -0.4 is 11.1 Å². The summed E-state index contributed by atoms with van der Waals surface area (Å²) in [6, 6.07) is -0.0394. The van der Waals surface area contributed by atoms with Gasteiger partial charge in [0.15, 0.2) is 0 Å². The molecule has 5 heteroatoms. The van der Waals surface area contributed by atoms with E-state index in [1.807, 2.05) is 20.8 Å². The molecule has 0 aromatic carbocycles. The summed E-state index contributed by atoms with van der Waals surface area (Å²) in [7, 11) is 0. The van der Waals surface area contributed by atoms with Crippen molar-refractivity contribution in [3.05, 3.63) is 0 Å². The summed E-state index contributed by atoms with van der Waals surface area (Å²) in [5.41, 5.74) is 5.51. The molecule has 0 saturated carbocycles. The van der Waals surface area contributed by atoms with Gasteiger partial charge in [-0.1, -0.05) is 26.1 Å². The molecule has 0 spiro atoms. The standard InChI is InChI=1S/C10H21N3OS/c1-4-6-12-10(14)13(5-2)7-8(3)9(11)15/h8H,4-7H2,1-3H3,(H2,11,15)(H,12,14).